The Morgan fingerprint density at radius 1 is 1.42 bits per heavy atom. The van der Waals surface area contributed by atoms with Crippen LogP contribution in [0.3, 0.4) is 0 Å². The highest BCUT2D eigenvalue weighted by atomic mass is 32.2. The van der Waals surface area contributed by atoms with Gasteiger partial charge in [0.1, 0.15) is 0 Å². The maximum absolute atomic E-state index is 11.3. The monoisotopic (exact) mass is 194 g/mol. The molecule has 1 N–H and O–H groups in total. The van der Waals surface area contributed by atoms with Crippen LogP contribution in [0.1, 0.15) is 27.2 Å². The van der Waals surface area contributed by atoms with Gasteiger partial charge in [-0.1, -0.05) is 6.92 Å². The number of aliphatic carboxylic acids is 1. The molecule has 0 aliphatic carbocycles. The first kappa shape index (κ1) is 11.4. The summed E-state index contributed by atoms with van der Waals surface area (Å²) in [4.78, 5) is 10.5. The van der Waals surface area contributed by atoms with Crippen molar-refractivity contribution in [2.24, 2.45) is 0 Å². The minimum Gasteiger partial charge on any atom is -0.480 e. The van der Waals surface area contributed by atoms with Crippen molar-refractivity contribution in [3.05, 3.63) is 0 Å². The summed E-state index contributed by atoms with van der Waals surface area (Å²) in [6.07, 6.45) is 0.121. The van der Waals surface area contributed by atoms with Gasteiger partial charge in [-0.15, -0.1) is 0 Å². The Kier molecular flexibility index (Phi) is 3.70. The van der Waals surface area contributed by atoms with E-state index in [-0.39, 0.29) is 6.42 Å². The molecule has 0 aliphatic heterocycles. The Balaban J connectivity index is 4.87. The van der Waals surface area contributed by atoms with Crippen LogP contribution in [-0.2, 0) is 14.6 Å². The fourth-order valence-corrected chi connectivity index (χ4v) is 2.28. The quantitative estimate of drug-likeness (QED) is 0.714. The minimum atomic E-state index is -3.49. The summed E-state index contributed by atoms with van der Waals surface area (Å²) >= 11 is 0. The van der Waals surface area contributed by atoms with Gasteiger partial charge in [-0.05, 0) is 20.3 Å². The number of hydrogen-bond donors (Lipinski definition) is 1. The van der Waals surface area contributed by atoms with Gasteiger partial charge in [-0.25, -0.2) is 8.42 Å². The van der Waals surface area contributed by atoms with Gasteiger partial charge in [0.2, 0.25) is 0 Å². The highest BCUT2D eigenvalue weighted by Crippen LogP contribution is 2.12. The van der Waals surface area contributed by atoms with E-state index in [0.29, 0.717) is 0 Å². The predicted octanol–water partition coefficient (Wildman–Crippen LogP) is 0.673. The number of sulfone groups is 1. The average molecular weight is 194 g/mol. The second-order valence-electron chi connectivity index (χ2n) is 2.87. The molecule has 5 heteroatoms. The van der Waals surface area contributed by atoms with E-state index in [9.17, 15) is 13.2 Å². The number of hydrogen-bond acceptors (Lipinski definition) is 3. The Hall–Kier alpha value is -0.580. The van der Waals surface area contributed by atoms with Crippen LogP contribution in [0.25, 0.3) is 0 Å². The van der Waals surface area contributed by atoms with Crippen LogP contribution < -0.4 is 0 Å². The molecular formula is C7H14O4S. The second-order valence-corrected chi connectivity index (χ2v) is 5.56. The first-order valence-corrected chi connectivity index (χ1v) is 5.40. The first-order valence-electron chi connectivity index (χ1n) is 3.79. The molecule has 0 amide bonds. The van der Waals surface area contributed by atoms with Gasteiger partial charge in [0.15, 0.2) is 15.1 Å². The van der Waals surface area contributed by atoms with Gasteiger partial charge in [-0.3, -0.25) is 4.79 Å². The van der Waals surface area contributed by atoms with Gasteiger partial charge in [0, 0.05) is 0 Å². The second kappa shape index (κ2) is 3.89. The molecule has 1 atom stereocenters. The van der Waals surface area contributed by atoms with Crippen LogP contribution in [0.15, 0.2) is 0 Å². The summed E-state index contributed by atoms with van der Waals surface area (Å²) in [7, 11) is -3.49. The number of rotatable bonds is 4. The van der Waals surface area contributed by atoms with E-state index in [0.717, 1.165) is 0 Å². The molecule has 0 aliphatic rings. The van der Waals surface area contributed by atoms with Crippen LogP contribution >= 0.6 is 0 Å². The molecule has 0 saturated heterocycles. The van der Waals surface area contributed by atoms with Crippen molar-refractivity contribution in [1.29, 1.82) is 0 Å². The molecule has 0 heterocycles. The molecule has 0 fully saturated rings. The Labute approximate surface area is 72.5 Å². The van der Waals surface area contributed by atoms with Crippen LogP contribution in [0.5, 0.6) is 0 Å². The predicted molar refractivity (Wildman–Crippen MR) is 45.8 cm³/mol. The molecule has 0 spiro atoms. The topological polar surface area (TPSA) is 71.4 Å². The molecular weight excluding hydrogens is 180 g/mol. The minimum absolute atomic E-state index is 0.121. The molecule has 0 rings (SSSR count). The van der Waals surface area contributed by atoms with Crippen molar-refractivity contribution in [3.8, 4) is 0 Å². The lowest BCUT2D eigenvalue weighted by molar-refractivity contribution is -0.136. The van der Waals surface area contributed by atoms with E-state index < -0.39 is 26.3 Å². The number of carboxylic acid groups (broad SMARTS) is 1. The zero-order chi connectivity index (χ0) is 9.94. The van der Waals surface area contributed by atoms with Crippen molar-refractivity contribution < 1.29 is 18.3 Å². The lowest BCUT2D eigenvalue weighted by Crippen LogP contribution is -2.34. The van der Waals surface area contributed by atoms with Gasteiger partial charge in [-0.2, -0.15) is 0 Å². The largest absolute Gasteiger partial charge is 0.480 e. The van der Waals surface area contributed by atoms with E-state index in [1.165, 1.54) is 13.8 Å². The average Bonchev–Trinajstić information content (AvgIpc) is 1.86. The maximum Gasteiger partial charge on any atom is 0.321 e. The fourth-order valence-electron chi connectivity index (χ4n) is 0.876. The lowest BCUT2D eigenvalue weighted by Gasteiger charge is -2.13. The Bertz CT molecular complexity index is 253. The molecule has 0 saturated carbocycles. The SMILES string of the molecule is CCC(C(=O)O)S(=O)(=O)C(C)C. The van der Waals surface area contributed by atoms with Crippen LogP contribution in [0.2, 0.25) is 0 Å². The molecule has 0 bridgehead atoms. The van der Waals surface area contributed by atoms with Crippen molar-refractivity contribution in [2.45, 2.75) is 37.7 Å². The zero-order valence-corrected chi connectivity index (χ0v) is 8.26. The Morgan fingerprint density at radius 3 is 1.92 bits per heavy atom. The standard InChI is InChI=1S/C7H14O4S/c1-4-6(7(8)9)12(10,11)5(2)3/h5-6H,4H2,1-3H3,(H,8,9). The normalized spacial score (nSPS) is 14.7. The molecule has 1 unspecified atom stereocenters. The van der Waals surface area contributed by atoms with E-state index in [1.54, 1.807) is 6.92 Å². The third-order valence-corrected chi connectivity index (χ3v) is 4.34. The molecule has 0 aromatic rings. The molecule has 0 aromatic carbocycles. The molecule has 4 nitrogen and oxygen atoms in total. The van der Waals surface area contributed by atoms with E-state index in [4.69, 9.17) is 5.11 Å². The molecule has 0 aromatic heterocycles. The highest BCUT2D eigenvalue weighted by Gasteiger charge is 2.32. The van der Waals surface area contributed by atoms with Gasteiger partial charge >= 0.3 is 5.97 Å². The first-order chi connectivity index (χ1) is 5.34. The summed E-state index contributed by atoms with van der Waals surface area (Å²) in [6, 6.07) is 0. The fraction of sp³-hybridized carbons (Fsp3) is 0.857. The number of carbonyl (C=O) groups is 1. The van der Waals surface area contributed by atoms with Gasteiger partial charge in [0.25, 0.3) is 0 Å². The third kappa shape index (κ3) is 2.20. The summed E-state index contributed by atoms with van der Waals surface area (Å²) in [5.74, 6) is -1.26. The van der Waals surface area contributed by atoms with Crippen LogP contribution in [0.4, 0.5) is 0 Å². The van der Waals surface area contributed by atoms with Crippen molar-refractivity contribution in [3.63, 3.8) is 0 Å². The third-order valence-electron chi connectivity index (χ3n) is 1.70. The summed E-state index contributed by atoms with van der Waals surface area (Å²) in [5.41, 5.74) is 0. The number of carboxylic acids is 1. The van der Waals surface area contributed by atoms with E-state index >= 15 is 0 Å². The van der Waals surface area contributed by atoms with Crippen molar-refractivity contribution in [2.75, 3.05) is 0 Å². The van der Waals surface area contributed by atoms with Crippen molar-refractivity contribution >= 4 is 15.8 Å². The maximum atomic E-state index is 11.3. The van der Waals surface area contributed by atoms with Crippen LogP contribution in [0, 0.1) is 0 Å². The summed E-state index contributed by atoms with van der Waals surface area (Å²) in [6.45, 7) is 4.53. The smallest absolute Gasteiger partial charge is 0.321 e. The lowest BCUT2D eigenvalue weighted by atomic mass is 10.3. The summed E-state index contributed by atoms with van der Waals surface area (Å²) < 4.78 is 22.6. The molecule has 0 radical (unpaired) electrons. The molecule has 72 valence electrons. The van der Waals surface area contributed by atoms with E-state index in [1.807, 2.05) is 0 Å². The van der Waals surface area contributed by atoms with Crippen LogP contribution in [-0.4, -0.2) is 30.0 Å². The van der Waals surface area contributed by atoms with Gasteiger partial charge < -0.3 is 5.11 Å². The zero-order valence-electron chi connectivity index (χ0n) is 7.44. The van der Waals surface area contributed by atoms with Gasteiger partial charge in [0.05, 0.1) is 5.25 Å². The molecule has 12 heavy (non-hydrogen) atoms. The Morgan fingerprint density at radius 2 is 1.83 bits per heavy atom. The summed E-state index contributed by atoms with van der Waals surface area (Å²) in [5, 5.41) is 6.70. The van der Waals surface area contributed by atoms with E-state index in [2.05, 4.69) is 0 Å². The van der Waals surface area contributed by atoms with Crippen molar-refractivity contribution in [1.82, 2.24) is 0 Å². The highest BCUT2D eigenvalue weighted by molar-refractivity contribution is 7.93.